The van der Waals surface area contributed by atoms with Crippen LogP contribution in [0.2, 0.25) is 0 Å². The lowest BCUT2D eigenvalue weighted by atomic mass is 9.83. The Hall–Kier alpha value is -3.39. The summed E-state index contributed by atoms with van der Waals surface area (Å²) in [6.07, 6.45) is 5.37. The molecule has 0 aliphatic carbocycles. The number of pyridine rings is 1. The van der Waals surface area contributed by atoms with Crippen LogP contribution in [0.25, 0.3) is 43.6 Å². The van der Waals surface area contributed by atoms with Gasteiger partial charge in [-0.2, -0.15) is 0 Å². The standard InChI is InChI=1S/C38H44NO/c1-22(2)17-26-11-10-12-27-20-32-35-29(34(26)27)15-16-39(9)36(35)33-24(5)30-19-25(21-38(6,7)8)13-14-28(30)31(18-23(3)4)37(33)40-32/h10-16,19-20,22-23H,17-18,21H2,1-9H3/q+1. The van der Waals surface area contributed by atoms with Crippen LogP contribution in [0, 0.1) is 24.2 Å². The SMILES string of the molecule is Cc1c2c(c(CC(C)C)c3ccc(CC(C)(C)C)cc13)Oc1cc3cccc(CC(C)C)c3c3cc[n+](C)c-2c13. The second kappa shape index (κ2) is 9.61. The van der Waals surface area contributed by atoms with Gasteiger partial charge in [0.15, 0.2) is 6.20 Å². The van der Waals surface area contributed by atoms with Gasteiger partial charge in [0.2, 0.25) is 5.69 Å². The fourth-order valence-corrected chi connectivity index (χ4v) is 6.96. The van der Waals surface area contributed by atoms with E-state index in [9.17, 15) is 0 Å². The molecular weight excluding hydrogens is 486 g/mol. The summed E-state index contributed by atoms with van der Waals surface area (Å²) in [5.41, 5.74) is 8.26. The summed E-state index contributed by atoms with van der Waals surface area (Å²) in [5, 5.41) is 7.87. The highest BCUT2D eigenvalue weighted by Gasteiger charge is 2.34. The van der Waals surface area contributed by atoms with Gasteiger partial charge in [0, 0.05) is 17.0 Å². The number of aromatic nitrogens is 1. The number of aryl methyl sites for hydroxylation is 2. The fourth-order valence-electron chi connectivity index (χ4n) is 6.96. The molecule has 0 unspecified atom stereocenters. The van der Waals surface area contributed by atoms with E-state index < -0.39 is 0 Å². The third kappa shape index (κ3) is 4.46. The van der Waals surface area contributed by atoms with Crippen molar-refractivity contribution in [2.45, 2.75) is 74.7 Å². The number of hydrogen-bond acceptors (Lipinski definition) is 1. The Morgan fingerprint density at radius 3 is 2.27 bits per heavy atom. The van der Waals surface area contributed by atoms with Gasteiger partial charge in [-0.1, -0.05) is 84.9 Å². The van der Waals surface area contributed by atoms with E-state index in [1.54, 1.807) is 0 Å². The number of ether oxygens (including phenoxy) is 1. The molecule has 2 heterocycles. The largest absolute Gasteiger partial charge is 0.455 e. The van der Waals surface area contributed by atoms with Crippen LogP contribution in [0.5, 0.6) is 11.5 Å². The van der Waals surface area contributed by atoms with Gasteiger partial charge in [0.05, 0.1) is 10.9 Å². The van der Waals surface area contributed by atoms with E-state index >= 15 is 0 Å². The minimum Gasteiger partial charge on any atom is -0.455 e. The van der Waals surface area contributed by atoms with Gasteiger partial charge in [-0.15, -0.1) is 0 Å². The molecule has 0 spiro atoms. The Bertz CT molecular complexity index is 1800. The minimum absolute atomic E-state index is 0.241. The lowest BCUT2D eigenvalue weighted by Crippen LogP contribution is -2.32. The first-order valence-corrected chi connectivity index (χ1v) is 15.1. The van der Waals surface area contributed by atoms with Crippen molar-refractivity contribution in [3.63, 3.8) is 0 Å². The topological polar surface area (TPSA) is 13.1 Å². The van der Waals surface area contributed by atoms with Gasteiger partial charge in [0.25, 0.3) is 0 Å². The van der Waals surface area contributed by atoms with E-state index in [1.165, 1.54) is 65.8 Å². The van der Waals surface area contributed by atoms with Crippen molar-refractivity contribution >= 4 is 32.3 Å². The molecule has 2 heteroatoms. The van der Waals surface area contributed by atoms with E-state index in [2.05, 4.69) is 122 Å². The number of benzene rings is 4. The first kappa shape index (κ1) is 26.8. The van der Waals surface area contributed by atoms with E-state index in [4.69, 9.17) is 4.74 Å². The maximum atomic E-state index is 7.05. The highest BCUT2D eigenvalue weighted by Crippen LogP contribution is 2.52. The van der Waals surface area contributed by atoms with Crippen molar-refractivity contribution in [1.82, 2.24) is 0 Å². The summed E-state index contributed by atoms with van der Waals surface area (Å²) >= 11 is 0. The van der Waals surface area contributed by atoms with Crippen molar-refractivity contribution < 1.29 is 9.30 Å². The molecule has 0 saturated carbocycles. The van der Waals surface area contributed by atoms with Crippen molar-refractivity contribution in [2.75, 3.05) is 0 Å². The zero-order valence-corrected chi connectivity index (χ0v) is 25.8. The fraction of sp³-hybridized carbons (Fsp3) is 0.395. The molecule has 0 radical (unpaired) electrons. The molecule has 6 rings (SSSR count). The molecule has 1 aromatic heterocycles. The lowest BCUT2D eigenvalue weighted by molar-refractivity contribution is -0.659. The van der Waals surface area contributed by atoms with Crippen molar-refractivity contribution in [1.29, 1.82) is 0 Å². The Balaban J connectivity index is 1.73. The Morgan fingerprint density at radius 1 is 0.825 bits per heavy atom. The van der Waals surface area contributed by atoms with Crippen LogP contribution in [0.3, 0.4) is 0 Å². The number of rotatable bonds is 5. The molecule has 206 valence electrons. The summed E-state index contributed by atoms with van der Waals surface area (Å²) in [4.78, 5) is 0. The summed E-state index contributed by atoms with van der Waals surface area (Å²) in [5.74, 6) is 3.15. The van der Waals surface area contributed by atoms with Crippen LogP contribution in [0.15, 0.2) is 54.7 Å². The van der Waals surface area contributed by atoms with Gasteiger partial charge < -0.3 is 4.74 Å². The van der Waals surface area contributed by atoms with Crippen LogP contribution in [0.1, 0.15) is 70.7 Å². The number of nitrogens with zero attached hydrogens (tertiary/aromatic N) is 1. The lowest BCUT2D eigenvalue weighted by Gasteiger charge is -2.27. The maximum absolute atomic E-state index is 7.05. The first-order chi connectivity index (χ1) is 18.9. The zero-order valence-electron chi connectivity index (χ0n) is 25.8. The predicted molar refractivity (Wildman–Crippen MR) is 171 cm³/mol. The second-order valence-corrected chi connectivity index (χ2v) is 14.2. The molecule has 5 aromatic rings. The number of hydrogen-bond donors (Lipinski definition) is 0. The van der Waals surface area contributed by atoms with E-state index in [0.717, 1.165) is 30.8 Å². The van der Waals surface area contributed by atoms with Crippen molar-refractivity contribution in [2.24, 2.45) is 24.3 Å². The van der Waals surface area contributed by atoms with Crippen LogP contribution in [-0.2, 0) is 26.3 Å². The maximum Gasteiger partial charge on any atom is 0.228 e. The summed E-state index contributed by atoms with van der Waals surface area (Å²) < 4.78 is 9.37. The van der Waals surface area contributed by atoms with Gasteiger partial charge in [0.1, 0.15) is 18.5 Å². The van der Waals surface area contributed by atoms with Crippen LogP contribution >= 0.6 is 0 Å². The monoisotopic (exact) mass is 530 g/mol. The van der Waals surface area contributed by atoms with E-state index in [0.29, 0.717) is 11.8 Å². The molecule has 2 nitrogen and oxygen atoms in total. The quantitative estimate of drug-likeness (QED) is 0.160. The molecule has 1 aliphatic heterocycles. The second-order valence-electron chi connectivity index (χ2n) is 14.2. The van der Waals surface area contributed by atoms with Gasteiger partial charge in [-0.05, 0) is 87.7 Å². The smallest absolute Gasteiger partial charge is 0.228 e. The van der Waals surface area contributed by atoms with Crippen LogP contribution in [-0.4, -0.2) is 0 Å². The van der Waals surface area contributed by atoms with Crippen molar-refractivity contribution in [3.05, 3.63) is 77.0 Å². The van der Waals surface area contributed by atoms with Gasteiger partial charge in [-0.25, -0.2) is 4.57 Å². The minimum atomic E-state index is 0.241. The molecule has 4 aromatic carbocycles. The summed E-state index contributed by atoms with van der Waals surface area (Å²) in [6.45, 7) is 18.5. The first-order valence-electron chi connectivity index (χ1n) is 15.1. The Labute approximate surface area is 240 Å². The highest BCUT2D eigenvalue weighted by molar-refractivity contribution is 6.17. The third-order valence-corrected chi connectivity index (χ3v) is 8.42. The van der Waals surface area contributed by atoms with Gasteiger partial charge >= 0.3 is 0 Å². The highest BCUT2D eigenvalue weighted by atomic mass is 16.5. The molecule has 0 amide bonds. The molecule has 0 N–H and O–H groups in total. The molecule has 0 atom stereocenters. The normalized spacial score (nSPS) is 13.1. The molecule has 0 fully saturated rings. The van der Waals surface area contributed by atoms with Gasteiger partial charge in [-0.3, -0.25) is 0 Å². The van der Waals surface area contributed by atoms with E-state index in [-0.39, 0.29) is 5.41 Å². The average Bonchev–Trinajstić information content (AvgIpc) is 2.86. The summed E-state index contributed by atoms with van der Waals surface area (Å²) in [7, 11) is 2.19. The Morgan fingerprint density at radius 2 is 1.57 bits per heavy atom. The zero-order chi connectivity index (χ0) is 28.5. The van der Waals surface area contributed by atoms with Crippen molar-refractivity contribution in [3.8, 4) is 22.8 Å². The average molecular weight is 531 g/mol. The molecule has 0 saturated heterocycles. The number of fused-ring (bicyclic) bond motifs is 5. The van der Waals surface area contributed by atoms with Crippen LogP contribution in [0.4, 0.5) is 0 Å². The summed E-state index contributed by atoms with van der Waals surface area (Å²) in [6, 6.07) is 18.5. The molecular formula is C38H44NO+. The molecule has 0 bridgehead atoms. The Kier molecular flexibility index (Phi) is 6.44. The molecule has 40 heavy (non-hydrogen) atoms. The van der Waals surface area contributed by atoms with Crippen LogP contribution < -0.4 is 9.30 Å². The van der Waals surface area contributed by atoms with E-state index in [1.807, 2.05) is 0 Å². The molecule has 1 aliphatic rings. The predicted octanol–water partition coefficient (Wildman–Crippen LogP) is 10.0. The third-order valence-electron chi connectivity index (χ3n) is 8.42.